The summed E-state index contributed by atoms with van der Waals surface area (Å²) in [5.41, 5.74) is 1.08. The molecule has 1 atom stereocenters. The number of carbonyl (C=O) groups is 1. The highest BCUT2D eigenvalue weighted by molar-refractivity contribution is 6.42. The zero-order valence-electron chi connectivity index (χ0n) is 12.7. The van der Waals surface area contributed by atoms with Crippen molar-refractivity contribution in [2.45, 2.75) is 37.5 Å². The Bertz CT molecular complexity index is 597. The number of rotatable bonds is 5. The van der Waals surface area contributed by atoms with Crippen LogP contribution in [0.15, 0.2) is 30.9 Å². The van der Waals surface area contributed by atoms with Gasteiger partial charge in [-0.1, -0.05) is 35.3 Å². The van der Waals surface area contributed by atoms with E-state index in [0.29, 0.717) is 22.4 Å². The number of hydrogen-bond donors (Lipinski definition) is 0. The van der Waals surface area contributed by atoms with Crippen molar-refractivity contribution in [3.05, 3.63) is 46.5 Å². The van der Waals surface area contributed by atoms with Gasteiger partial charge in [0.2, 0.25) is 5.91 Å². The second-order valence-corrected chi connectivity index (χ2v) is 7.43. The summed E-state index contributed by atoms with van der Waals surface area (Å²) in [7, 11) is 0. The molecule has 0 N–H and O–H groups in total. The number of hydrogen-bond acceptors (Lipinski definition) is 1. The minimum atomic E-state index is -0.0845. The van der Waals surface area contributed by atoms with E-state index in [0.717, 1.165) is 31.5 Å². The van der Waals surface area contributed by atoms with Crippen molar-refractivity contribution in [1.29, 1.82) is 0 Å². The number of piperidine rings is 1. The van der Waals surface area contributed by atoms with Crippen molar-refractivity contribution >= 4 is 29.1 Å². The van der Waals surface area contributed by atoms with E-state index in [2.05, 4.69) is 6.58 Å². The van der Waals surface area contributed by atoms with Crippen LogP contribution in [0.25, 0.3) is 0 Å². The molecular formula is C18H21Cl2NO. The van der Waals surface area contributed by atoms with Gasteiger partial charge in [0.25, 0.3) is 0 Å². The molecule has 2 aliphatic rings. The van der Waals surface area contributed by atoms with E-state index >= 15 is 0 Å². The Labute approximate surface area is 142 Å². The average molecular weight is 338 g/mol. The first kappa shape index (κ1) is 15.9. The maximum absolute atomic E-state index is 12.3. The second kappa shape index (κ2) is 6.25. The molecule has 1 saturated heterocycles. The lowest BCUT2D eigenvalue weighted by atomic mass is 9.71. The lowest BCUT2D eigenvalue weighted by Gasteiger charge is -2.43. The summed E-state index contributed by atoms with van der Waals surface area (Å²) in [5.74, 6) is 0.990. The normalized spacial score (nSPS) is 25.4. The summed E-state index contributed by atoms with van der Waals surface area (Å²) in [6.07, 6.45) is 6.75. The third-order valence-corrected chi connectivity index (χ3v) is 5.65. The molecule has 0 bridgehead atoms. The Kier molecular flexibility index (Phi) is 4.52. The highest BCUT2D eigenvalue weighted by Crippen LogP contribution is 2.41. The predicted molar refractivity (Wildman–Crippen MR) is 91.5 cm³/mol. The van der Waals surface area contributed by atoms with E-state index in [1.165, 1.54) is 12.8 Å². The topological polar surface area (TPSA) is 20.3 Å². The second-order valence-electron chi connectivity index (χ2n) is 6.62. The van der Waals surface area contributed by atoms with Crippen molar-refractivity contribution in [3.8, 4) is 0 Å². The molecule has 0 aromatic heterocycles. The smallest absolute Gasteiger partial charge is 0.222 e. The third kappa shape index (κ3) is 3.18. The molecule has 1 aromatic carbocycles. The molecule has 1 aromatic rings. The molecule has 1 unspecified atom stereocenters. The Balaban J connectivity index is 1.90. The van der Waals surface area contributed by atoms with Gasteiger partial charge in [0, 0.05) is 24.9 Å². The maximum Gasteiger partial charge on any atom is 0.222 e. The van der Waals surface area contributed by atoms with Crippen LogP contribution < -0.4 is 0 Å². The summed E-state index contributed by atoms with van der Waals surface area (Å²) in [6.45, 7) is 5.58. The van der Waals surface area contributed by atoms with Crippen molar-refractivity contribution in [2.24, 2.45) is 5.92 Å². The van der Waals surface area contributed by atoms with Crippen LogP contribution >= 0.6 is 23.2 Å². The maximum atomic E-state index is 12.3. The Morgan fingerprint density at radius 1 is 1.32 bits per heavy atom. The van der Waals surface area contributed by atoms with Crippen LogP contribution in [0.2, 0.25) is 10.0 Å². The van der Waals surface area contributed by atoms with Gasteiger partial charge in [-0.15, -0.1) is 6.58 Å². The number of likely N-dealkylation sites (tertiary alicyclic amines) is 1. The van der Waals surface area contributed by atoms with Crippen LogP contribution in [0, 0.1) is 5.92 Å². The van der Waals surface area contributed by atoms with E-state index in [1.807, 2.05) is 29.2 Å². The first-order chi connectivity index (χ1) is 10.5. The van der Waals surface area contributed by atoms with Crippen LogP contribution in [0.1, 0.15) is 37.7 Å². The summed E-state index contributed by atoms with van der Waals surface area (Å²) < 4.78 is 0. The van der Waals surface area contributed by atoms with Crippen molar-refractivity contribution in [2.75, 3.05) is 13.1 Å². The summed E-state index contributed by atoms with van der Waals surface area (Å²) in [4.78, 5) is 14.3. The fourth-order valence-electron chi connectivity index (χ4n) is 3.44. The highest BCUT2D eigenvalue weighted by atomic mass is 35.5. The molecule has 2 nitrogen and oxygen atoms in total. The van der Waals surface area contributed by atoms with Crippen LogP contribution in [0.4, 0.5) is 0 Å². The standard InChI is InChI=1S/C18H21Cl2NO/c1-2-8-18(14-5-6-15(19)16(20)10-14)9-7-17(22)21(12-18)11-13-3-4-13/h2,5-6,10,13H,1,3-4,7-9,11-12H2. The van der Waals surface area contributed by atoms with Crippen LogP contribution in [0.3, 0.4) is 0 Å². The fourth-order valence-corrected chi connectivity index (χ4v) is 3.74. The van der Waals surface area contributed by atoms with Crippen molar-refractivity contribution in [1.82, 2.24) is 4.90 Å². The summed E-state index contributed by atoms with van der Waals surface area (Å²) in [6, 6.07) is 5.85. The minimum Gasteiger partial charge on any atom is -0.342 e. The first-order valence-corrected chi connectivity index (χ1v) is 8.64. The number of benzene rings is 1. The van der Waals surface area contributed by atoms with Crippen LogP contribution in [-0.4, -0.2) is 23.9 Å². The highest BCUT2D eigenvalue weighted by Gasteiger charge is 2.40. The zero-order chi connectivity index (χ0) is 15.7. The summed E-state index contributed by atoms with van der Waals surface area (Å²) >= 11 is 12.3. The van der Waals surface area contributed by atoms with Gasteiger partial charge in [0.1, 0.15) is 0 Å². The molecule has 0 radical (unpaired) electrons. The van der Waals surface area contributed by atoms with Crippen molar-refractivity contribution in [3.63, 3.8) is 0 Å². The third-order valence-electron chi connectivity index (χ3n) is 4.91. The molecule has 1 saturated carbocycles. The van der Waals surface area contributed by atoms with Gasteiger partial charge >= 0.3 is 0 Å². The summed E-state index contributed by atoms with van der Waals surface area (Å²) in [5, 5.41) is 1.15. The van der Waals surface area contributed by atoms with Gasteiger partial charge < -0.3 is 4.90 Å². The molecule has 1 heterocycles. The molecular weight excluding hydrogens is 317 g/mol. The number of nitrogens with zero attached hydrogens (tertiary/aromatic N) is 1. The predicted octanol–water partition coefficient (Wildman–Crippen LogP) is 4.84. The molecule has 1 amide bonds. The lowest BCUT2D eigenvalue weighted by molar-refractivity contribution is -0.135. The van der Waals surface area contributed by atoms with Gasteiger partial charge in [-0.25, -0.2) is 0 Å². The molecule has 1 aliphatic carbocycles. The molecule has 2 fully saturated rings. The molecule has 118 valence electrons. The van der Waals surface area contributed by atoms with Gasteiger partial charge in [-0.05, 0) is 49.3 Å². The number of carbonyl (C=O) groups excluding carboxylic acids is 1. The van der Waals surface area contributed by atoms with Gasteiger partial charge in [0.15, 0.2) is 0 Å². The molecule has 4 heteroatoms. The van der Waals surface area contributed by atoms with E-state index in [4.69, 9.17) is 23.2 Å². The Morgan fingerprint density at radius 2 is 2.09 bits per heavy atom. The van der Waals surface area contributed by atoms with Gasteiger partial charge in [0.05, 0.1) is 10.0 Å². The van der Waals surface area contributed by atoms with E-state index < -0.39 is 0 Å². The van der Waals surface area contributed by atoms with E-state index in [-0.39, 0.29) is 11.3 Å². The monoisotopic (exact) mass is 337 g/mol. The molecule has 22 heavy (non-hydrogen) atoms. The van der Waals surface area contributed by atoms with Crippen molar-refractivity contribution < 1.29 is 4.79 Å². The molecule has 0 spiro atoms. The number of amides is 1. The zero-order valence-corrected chi connectivity index (χ0v) is 14.2. The average Bonchev–Trinajstić information content (AvgIpc) is 3.30. The fraction of sp³-hybridized carbons (Fsp3) is 0.500. The minimum absolute atomic E-state index is 0.0845. The van der Waals surface area contributed by atoms with E-state index in [1.54, 1.807) is 0 Å². The number of halogens is 2. The molecule has 3 rings (SSSR count). The first-order valence-electron chi connectivity index (χ1n) is 7.88. The number of allylic oxidation sites excluding steroid dienone is 1. The van der Waals surface area contributed by atoms with Gasteiger partial charge in [-0.2, -0.15) is 0 Å². The SMILES string of the molecule is C=CCC1(c2ccc(Cl)c(Cl)c2)CCC(=O)N(CC2CC2)C1. The van der Waals surface area contributed by atoms with Crippen LogP contribution in [-0.2, 0) is 10.2 Å². The Hall–Kier alpha value is -0.990. The molecule has 1 aliphatic heterocycles. The quantitative estimate of drug-likeness (QED) is 0.704. The Morgan fingerprint density at radius 3 is 2.73 bits per heavy atom. The lowest BCUT2D eigenvalue weighted by Crippen LogP contribution is -2.49. The van der Waals surface area contributed by atoms with E-state index in [9.17, 15) is 4.79 Å². The largest absolute Gasteiger partial charge is 0.342 e. The van der Waals surface area contributed by atoms with Gasteiger partial charge in [-0.3, -0.25) is 4.79 Å². The van der Waals surface area contributed by atoms with Crippen LogP contribution in [0.5, 0.6) is 0 Å².